The number of nitrogens with zero attached hydrogens (tertiary/aromatic N) is 1. The Morgan fingerprint density at radius 1 is 0.963 bits per heavy atom. The summed E-state index contributed by atoms with van der Waals surface area (Å²) < 4.78 is 20.4. The fourth-order valence-corrected chi connectivity index (χ4v) is 3.32. The second-order valence-corrected chi connectivity index (χ2v) is 6.52. The van der Waals surface area contributed by atoms with Crippen LogP contribution in [0, 0.1) is 5.82 Å². The topological polar surface area (TPSA) is 39.2 Å². The van der Waals surface area contributed by atoms with Gasteiger partial charge in [-0.05, 0) is 30.5 Å². The number of halogens is 1. The summed E-state index contributed by atoms with van der Waals surface area (Å²) in [4.78, 5) is 16.2. The second kappa shape index (κ2) is 6.80. The fraction of sp³-hybridized carbons (Fsp3) is 0.130. The highest BCUT2D eigenvalue weighted by Gasteiger charge is 2.16. The molecule has 0 bridgehead atoms. The van der Waals surface area contributed by atoms with Gasteiger partial charge in [0.2, 0.25) is 0 Å². The predicted octanol–water partition coefficient (Wildman–Crippen LogP) is 5.87. The van der Waals surface area contributed by atoms with E-state index in [2.05, 4.69) is 4.98 Å². The van der Waals surface area contributed by atoms with Crippen LogP contribution >= 0.6 is 0 Å². The molecule has 1 aromatic heterocycles. The number of para-hydroxylation sites is 1. The Morgan fingerprint density at radius 2 is 1.63 bits per heavy atom. The molecular weight excluding hydrogens is 341 g/mol. The Hall–Kier alpha value is -3.27. The molecule has 4 aromatic rings. The van der Waals surface area contributed by atoms with E-state index in [4.69, 9.17) is 4.74 Å². The SMILES string of the molecule is CC(=O)c1cc(O[C@H](C)c2ccc(F)c3ccccc23)c2ccccc2n1. The number of rotatable bonds is 4. The lowest BCUT2D eigenvalue weighted by Gasteiger charge is -2.19. The van der Waals surface area contributed by atoms with Crippen LogP contribution in [-0.2, 0) is 0 Å². The van der Waals surface area contributed by atoms with Gasteiger partial charge in [0.25, 0.3) is 0 Å². The van der Waals surface area contributed by atoms with E-state index in [1.165, 1.54) is 13.0 Å². The molecule has 0 fully saturated rings. The van der Waals surface area contributed by atoms with E-state index in [-0.39, 0.29) is 17.7 Å². The quantitative estimate of drug-likeness (QED) is 0.428. The normalized spacial score (nSPS) is 12.3. The molecule has 3 aromatic carbocycles. The number of fused-ring (bicyclic) bond motifs is 2. The Kier molecular flexibility index (Phi) is 4.32. The standard InChI is InChI=1S/C23H18FNO2/c1-14(26)22-13-23(19-9-5-6-10-21(19)25-22)27-15(2)16-11-12-20(24)18-8-4-3-7-17(16)18/h3-13,15H,1-2H3/t15-/m1/s1. The first-order valence-electron chi connectivity index (χ1n) is 8.79. The number of benzene rings is 3. The van der Waals surface area contributed by atoms with Crippen LogP contribution in [0.15, 0.2) is 66.7 Å². The summed E-state index contributed by atoms with van der Waals surface area (Å²) in [6, 6.07) is 19.8. The van der Waals surface area contributed by atoms with E-state index in [0.29, 0.717) is 22.3 Å². The zero-order valence-electron chi connectivity index (χ0n) is 15.1. The number of aromatic nitrogens is 1. The molecule has 0 saturated heterocycles. The highest BCUT2D eigenvalue weighted by molar-refractivity contribution is 5.97. The van der Waals surface area contributed by atoms with Crippen LogP contribution in [0.4, 0.5) is 4.39 Å². The summed E-state index contributed by atoms with van der Waals surface area (Å²) >= 11 is 0. The maximum absolute atomic E-state index is 14.1. The van der Waals surface area contributed by atoms with Gasteiger partial charge < -0.3 is 4.74 Å². The lowest BCUT2D eigenvalue weighted by atomic mass is 10.0. The lowest BCUT2D eigenvalue weighted by Crippen LogP contribution is -2.06. The minimum Gasteiger partial charge on any atom is -0.485 e. The first-order chi connectivity index (χ1) is 13.0. The maximum Gasteiger partial charge on any atom is 0.178 e. The molecule has 0 unspecified atom stereocenters. The molecule has 0 aliphatic carbocycles. The van der Waals surface area contributed by atoms with E-state index in [1.807, 2.05) is 49.4 Å². The molecule has 134 valence electrons. The van der Waals surface area contributed by atoms with Crippen LogP contribution in [0.2, 0.25) is 0 Å². The molecule has 0 aliphatic rings. The number of pyridine rings is 1. The van der Waals surface area contributed by atoms with E-state index in [1.54, 1.807) is 18.2 Å². The first kappa shape index (κ1) is 17.2. The lowest BCUT2D eigenvalue weighted by molar-refractivity contribution is 0.101. The van der Waals surface area contributed by atoms with Gasteiger partial charge in [0.05, 0.1) is 5.52 Å². The Morgan fingerprint density at radius 3 is 2.37 bits per heavy atom. The van der Waals surface area contributed by atoms with Gasteiger partial charge in [-0.3, -0.25) is 4.79 Å². The molecule has 0 amide bonds. The van der Waals surface area contributed by atoms with Crippen LogP contribution in [0.3, 0.4) is 0 Å². The molecule has 0 radical (unpaired) electrons. The van der Waals surface area contributed by atoms with Crippen LogP contribution in [0.5, 0.6) is 5.75 Å². The third kappa shape index (κ3) is 3.14. The molecule has 1 atom stereocenters. The molecule has 0 aliphatic heterocycles. The van der Waals surface area contributed by atoms with Crippen molar-refractivity contribution in [3.05, 3.63) is 83.8 Å². The molecule has 4 heteroatoms. The van der Waals surface area contributed by atoms with Crippen molar-refractivity contribution in [1.29, 1.82) is 0 Å². The summed E-state index contributed by atoms with van der Waals surface area (Å²) in [5.74, 6) is 0.215. The average Bonchev–Trinajstić information content (AvgIpc) is 2.68. The highest BCUT2D eigenvalue weighted by atomic mass is 19.1. The summed E-state index contributed by atoms with van der Waals surface area (Å²) in [5.41, 5.74) is 1.95. The number of Topliss-reactive ketones (excluding diaryl/α,β-unsaturated/α-hetero) is 1. The van der Waals surface area contributed by atoms with Gasteiger partial charge >= 0.3 is 0 Å². The third-order valence-corrected chi connectivity index (χ3v) is 4.69. The maximum atomic E-state index is 14.1. The van der Waals surface area contributed by atoms with E-state index in [9.17, 15) is 9.18 Å². The van der Waals surface area contributed by atoms with Crippen molar-refractivity contribution in [2.24, 2.45) is 0 Å². The summed E-state index contributed by atoms with van der Waals surface area (Å²) in [6.07, 6.45) is -0.332. The zero-order chi connectivity index (χ0) is 19.0. The number of carbonyl (C=O) groups is 1. The van der Waals surface area contributed by atoms with Crippen molar-refractivity contribution in [3.63, 3.8) is 0 Å². The molecule has 0 spiro atoms. The second-order valence-electron chi connectivity index (χ2n) is 6.52. The van der Waals surface area contributed by atoms with E-state index in [0.717, 1.165) is 16.3 Å². The molecule has 0 N–H and O–H groups in total. The van der Waals surface area contributed by atoms with Crippen molar-refractivity contribution in [1.82, 2.24) is 4.98 Å². The van der Waals surface area contributed by atoms with Crippen LogP contribution in [0.25, 0.3) is 21.7 Å². The van der Waals surface area contributed by atoms with Crippen LogP contribution in [0.1, 0.15) is 36.0 Å². The molecular formula is C23H18FNO2. The van der Waals surface area contributed by atoms with Crippen molar-refractivity contribution in [2.75, 3.05) is 0 Å². The third-order valence-electron chi connectivity index (χ3n) is 4.69. The van der Waals surface area contributed by atoms with Gasteiger partial charge in [-0.25, -0.2) is 9.37 Å². The Bertz CT molecular complexity index is 1170. The highest BCUT2D eigenvalue weighted by Crippen LogP contribution is 2.33. The summed E-state index contributed by atoms with van der Waals surface area (Å²) in [5, 5.41) is 2.21. The Labute approximate surface area is 156 Å². The summed E-state index contributed by atoms with van der Waals surface area (Å²) in [7, 11) is 0. The van der Waals surface area contributed by atoms with E-state index >= 15 is 0 Å². The van der Waals surface area contributed by atoms with Crippen molar-refractivity contribution >= 4 is 27.5 Å². The zero-order valence-corrected chi connectivity index (χ0v) is 15.1. The Balaban J connectivity index is 1.81. The van der Waals surface area contributed by atoms with Gasteiger partial charge in [0, 0.05) is 29.3 Å². The first-order valence-corrected chi connectivity index (χ1v) is 8.79. The van der Waals surface area contributed by atoms with Crippen molar-refractivity contribution < 1.29 is 13.9 Å². The molecule has 3 nitrogen and oxygen atoms in total. The van der Waals surface area contributed by atoms with Gasteiger partial charge in [0.1, 0.15) is 23.4 Å². The minimum absolute atomic E-state index is 0.120. The van der Waals surface area contributed by atoms with E-state index < -0.39 is 0 Å². The summed E-state index contributed by atoms with van der Waals surface area (Å²) in [6.45, 7) is 3.40. The van der Waals surface area contributed by atoms with Crippen LogP contribution < -0.4 is 4.74 Å². The molecule has 1 heterocycles. The molecule has 27 heavy (non-hydrogen) atoms. The largest absolute Gasteiger partial charge is 0.485 e. The predicted molar refractivity (Wildman–Crippen MR) is 105 cm³/mol. The smallest absolute Gasteiger partial charge is 0.178 e. The number of hydrogen-bond acceptors (Lipinski definition) is 3. The van der Waals surface area contributed by atoms with Crippen LogP contribution in [-0.4, -0.2) is 10.8 Å². The number of ether oxygens (including phenoxy) is 1. The molecule has 0 saturated carbocycles. The minimum atomic E-state index is -0.332. The van der Waals surface area contributed by atoms with Crippen molar-refractivity contribution in [3.8, 4) is 5.75 Å². The number of carbonyl (C=O) groups excluding carboxylic acids is 1. The van der Waals surface area contributed by atoms with Gasteiger partial charge in [-0.1, -0.05) is 42.5 Å². The van der Waals surface area contributed by atoms with Gasteiger partial charge in [0.15, 0.2) is 5.78 Å². The average molecular weight is 359 g/mol. The number of ketones is 1. The monoisotopic (exact) mass is 359 g/mol. The molecule has 4 rings (SSSR count). The van der Waals surface area contributed by atoms with Gasteiger partial charge in [-0.15, -0.1) is 0 Å². The fourth-order valence-electron chi connectivity index (χ4n) is 3.32. The van der Waals surface area contributed by atoms with Gasteiger partial charge in [-0.2, -0.15) is 0 Å². The number of hydrogen-bond donors (Lipinski definition) is 0. The van der Waals surface area contributed by atoms with Crippen molar-refractivity contribution in [2.45, 2.75) is 20.0 Å².